The molecular formula is C45H48Cl3F3N2O16. The van der Waals surface area contributed by atoms with Crippen LogP contribution in [-0.2, 0) is 84.5 Å². The van der Waals surface area contributed by atoms with Gasteiger partial charge in [-0.15, -0.1) is 0 Å². The van der Waals surface area contributed by atoms with Crippen LogP contribution < -0.4 is 5.32 Å². The molecule has 0 bridgehead atoms. The lowest BCUT2D eigenvalue weighted by molar-refractivity contribution is -0.350. The molecule has 0 radical (unpaired) electrons. The number of amides is 1. The molecule has 0 saturated carbocycles. The van der Waals surface area contributed by atoms with Crippen molar-refractivity contribution < 1.29 is 89.2 Å². The van der Waals surface area contributed by atoms with Crippen LogP contribution in [0.1, 0.15) is 38.8 Å². The molecule has 376 valence electrons. The number of nitrogens with zero attached hydrogens (tertiary/aromatic N) is 1. The first-order valence-corrected chi connectivity index (χ1v) is 22.1. The molecule has 1 N–H and O–H groups in total. The zero-order valence-corrected chi connectivity index (χ0v) is 39.5. The van der Waals surface area contributed by atoms with Crippen molar-refractivity contribution in [2.45, 2.75) is 112 Å². The summed E-state index contributed by atoms with van der Waals surface area (Å²) >= 11 is 17.6. The second-order valence-corrected chi connectivity index (χ2v) is 17.7. The molecule has 0 spiro atoms. The van der Waals surface area contributed by atoms with Gasteiger partial charge in [0.2, 0.25) is 10.1 Å². The summed E-state index contributed by atoms with van der Waals surface area (Å²) in [5.74, 6) is -5.45. The van der Waals surface area contributed by atoms with Crippen LogP contribution >= 0.6 is 34.8 Å². The van der Waals surface area contributed by atoms with E-state index in [0.717, 1.165) is 27.7 Å². The van der Waals surface area contributed by atoms with Crippen LogP contribution in [0.5, 0.6) is 0 Å². The lowest BCUT2D eigenvalue weighted by Crippen LogP contribution is -2.69. The molecule has 10 atom stereocenters. The van der Waals surface area contributed by atoms with E-state index in [4.69, 9.17) is 86.9 Å². The van der Waals surface area contributed by atoms with Gasteiger partial charge in [0.15, 0.2) is 24.6 Å². The van der Waals surface area contributed by atoms with E-state index in [1.807, 2.05) is 0 Å². The first-order valence-electron chi connectivity index (χ1n) is 20.9. The van der Waals surface area contributed by atoms with Crippen molar-refractivity contribution >= 4 is 76.4 Å². The van der Waals surface area contributed by atoms with Crippen molar-refractivity contribution in [2.24, 2.45) is 4.99 Å². The van der Waals surface area contributed by atoms with Crippen molar-refractivity contribution in [1.82, 2.24) is 5.32 Å². The van der Waals surface area contributed by atoms with Crippen LogP contribution in [0.4, 0.5) is 23.7 Å². The Bertz CT molecular complexity index is 2190. The summed E-state index contributed by atoms with van der Waals surface area (Å²) in [4.78, 5) is 67.3. The minimum absolute atomic E-state index is 0.0815. The van der Waals surface area contributed by atoms with Gasteiger partial charge in [-0.1, -0.05) is 114 Å². The van der Waals surface area contributed by atoms with Gasteiger partial charge in [-0.2, -0.15) is 13.2 Å². The molecule has 3 aromatic carbocycles. The quantitative estimate of drug-likeness (QED) is 0.0459. The predicted octanol–water partition coefficient (Wildman–Crippen LogP) is 6.76. The second kappa shape index (κ2) is 25.6. The third-order valence-electron chi connectivity index (χ3n) is 9.67. The minimum atomic E-state index is -5.28. The highest BCUT2D eigenvalue weighted by atomic mass is 35.6. The Kier molecular flexibility index (Phi) is 20.3. The van der Waals surface area contributed by atoms with E-state index in [9.17, 15) is 37.1 Å². The van der Waals surface area contributed by atoms with E-state index in [1.165, 1.54) is 24.3 Å². The van der Waals surface area contributed by atoms with E-state index in [-0.39, 0.29) is 18.9 Å². The van der Waals surface area contributed by atoms with Gasteiger partial charge in [-0.05, 0) is 23.3 Å². The SMILES string of the molecule is CC(=O)OC[C@H]1O[C@@H](O[C@H]2[C@H](OCc3ccccc3)[C@@H](NC(=O)OCC(Cl)(Cl)Cl)C(OC(=Nc3ccccc3)C(F)(F)F)O[C@@H]2COCc2ccccc2)[C@H](OC(C)=O)[C@@H](OC(C)=O)[C@H]1OC(C)=O. The minimum Gasteiger partial charge on any atom is -0.463 e. The van der Waals surface area contributed by atoms with Crippen LogP contribution in [0.3, 0.4) is 0 Å². The molecule has 2 aliphatic heterocycles. The Morgan fingerprint density at radius 2 is 1.13 bits per heavy atom. The number of carbonyl (C=O) groups is 5. The maximum atomic E-state index is 15.0. The number of hydrogen-bond donors (Lipinski definition) is 1. The summed E-state index contributed by atoms with van der Waals surface area (Å²) in [6.07, 6.45) is -22.4. The zero-order chi connectivity index (χ0) is 50.3. The van der Waals surface area contributed by atoms with E-state index < -0.39 is 127 Å². The van der Waals surface area contributed by atoms with Gasteiger partial charge < -0.3 is 57.4 Å². The third kappa shape index (κ3) is 17.6. The van der Waals surface area contributed by atoms with Gasteiger partial charge in [0, 0.05) is 27.7 Å². The molecule has 1 unspecified atom stereocenters. The average Bonchev–Trinajstić information content (AvgIpc) is 3.27. The van der Waals surface area contributed by atoms with Crippen molar-refractivity contribution in [3.05, 3.63) is 102 Å². The van der Waals surface area contributed by atoms with Gasteiger partial charge in [-0.25, -0.2) is 9.79 Å². The number of aliphatic imine (C=N–C) groups is 1. The predicted molar refractivity (Wildman–Crippen MR) is 236 cm³/mol. The molecule has 0 aliphatic carbocycles. The summed E-state index contributed by atoms with van der Waals surface area (Å²) in [6, 6.07) is 22.2. The molecule has 1 amide bonds. The Hall–Kier alpha value is -5.26. The highest BCUT2D eigenvalue weighted by Crippen LogP contribution is 2.36. The molecule has 2 saturated heterocycles. The Morgan fingerprint density at radius 3 is 1.68 bits per heavy atom. The van der Waals surface area contributed by atoms with E-state index >= 15 is 0 Å². The van der Waals surface area contributed by atoms with Gasteiger partial charge in [-0.3, -0.25) is 19.2 Å². The van der Waals surface area contributed by atoms with Gasteiger partial charge in [0.1, 0.15) is 43.7 Å². The number of ether oxygens (including phenoxy) is 11. The lowest BCUT2D eigenvalue weighted by Gasteiger charge is -2.49. The number of para-hydroxylation sites is 1. The van der Waals surface area contributed by atoms with Gasteiger partial charge >= 0.3 is 36.1 Å². The van der Waals surface area contributed by atoms with Crippen LogP contribution in [0.25, 0.3) is 0 Å². The van der Waals surface area contributed by atoms with Crippen LogP contribution in [0, 0.1) is 0 Å². The number of alkyl halides is 6. The second-order valence-electron chi connectivity index (χ2n) is 15.2. The molecule has 24 heteroatoms. The Morgan fingerprint density at radius 1 is 0.609 bits per heavy atom. The van der Waals surface area contributed by atoms with Crippen LogP contribution in [0.2, 0.25) is 0 Å². The fourth-order valence-corrected chi connectivity index (χ4v) is 7.12. The molecule has 18 nitrogen and oxygen atoms in total. The largest absolute Gasteiger partial charge is 0.468 e. The number of halogens is 6. The molecule has 0 aromatic heterocycles. The normalized spacial score (nSPS) is 25.1. The van der Waals surface area contributed by atoms with Crippen molar-refractivity contribution in [3.63, 3.8) is 0 Å². The van der Waals surface area contributed by atoms with Crippen molar-refractivity contribution in [1.29, 1.82) is 0 Å². The molecule has 2 heterocycles. The molecule has 5 rings (SSSR count). The monoisotopic (exact) mass is 1030 g/mol. The summed E-state index contributed by atoms with van der Waals surface area (Å²) in [5.41, 5.74) is 1.01. The third-order valence-corrected chi connectivity index (χ3v) is 10.0. The molecule has 2 fully saturated rings. The van der Waals surface area contributed by atoms with E-state index in [1.54, 1.807) is 66.7 Å². The number of hydrogen-bond acceptors (Lipinski definition) is 17. The van der Waals surface area contributed by atoms with Gasteiger partial charge in [0.25, 0.3) is 5.90 Å². The first-order chi connectivity index (χ1) is 32.7. The maximum Gasteiger partial charge on any atom is 0.468 e. The van der Waals surface area contributed by atoms with Crippen molar-refractivity contribution in [3.8, 4) is 0 Å². The number of esters is 4. The van der Waals surface area contributed by atoms with Crippen molar-refractivity contribution in [2.75, 3.05) is 19.8 Å². The molecule has 2 aliphatic rings. The fourth-order valence-electron chi connectivity index (χ4n) is 6.95. The highest BCUT2D eigenvalue weighted by Gasteiger charge is 2.57. The summed E-state index contributed by atoms with van der Waals surface area (Å²) in [5, 5.41) is 2.40. The zero-order valence-electron chi connectivity index (χ0n) is 37.2. The number of alkyl carbamates (subject to hydrolysis) is 1. The van der Waals surface area contributed by atoms with Crippen LogP contribution in [-0.4, -0.2) is 127 Å². The Labute approximate surface area is 408 Å². The van der Waals surface area contributed by atoms with E-state index in [0.29, 0.717) is 11.1 Å². The highest BCUT2D eigenvalue weighted by molar-refractivity contribution is 6.67. The Balaban J connectivity index is 1.69. The number of rotatable bonds is 18. The lowest BCUT2D eigenvalue weighted by atomic mass is 9.94. The summed E-state index contributed by atoms with van der Waals surface area (Å²) < 4.78 is 107. The fraction of sp³-hybridized carbons (Fsp3) is 0.467. The summed E-state index contributed by atoms with van der Waals surface area (Å²) in [6.45, 7) is 1.72. The average molecular weight is 1040 g/mol. The summed E-state index contributed by atoms with van der Waals surface area (Å²) in [7, 11) is 0. The number of benzene rings is 3. The van der Waals surface area contributed by atoms with E-state index in [2.05, 4.69) is 10.3 Å². The smallest absolute Gasteiger partial charge is 0.463 e. The number of carbonyl (C=O) groups excluding carboxylic acids is 5. The standard InChI is InChI=1S/C45H48Cl3F3N2O16/c1-25(54)60-23-33-36(63-26(2)55)38(64-27(3)56)39(65-28(4)57)41(67-33)68-35-32(22-59-20-29-14-8-5-9-15-29)66-40(69-42(45(49,50)51)52-31-18-12-7-13-19-31)34(53-43(58)62-24-44(46,47)48)37(35)61-21-30-16-10-6-11-17-30/h5-19,32-41H,20-24H2,1-4H3,(H,53,58)/t32-,33-,34-,35-,36+,37-,38+,39-,40?,41+/m1/s1. The molecule has 69 heavy (non-hydrogen) atoms. The van der Waals surface area contributed by atoms with Crippen LogP contribution in [0.15, 0.2) is 96.0 Å². The maximum absolute atomic E-state index is 15.0. The molecule has 3 aromatic rings. The van der Waals surface area contributed by atoms with Gasteiger partial charge in [0.05, 0.1) is 25.5 Å². The molecular weight excluding hydrogens is 988 g/mol. The first kappa shape index (κ1) is 54.7. The number of nitrogens with one attached hydrogen (secondary N) is 1. The topological polar surface area (TPSA) is 211 Å².